The zero-order chi connectivity index (χ0) is 106. The van der Waals surface area contributed by atoms with Crippen molar-refractivity contribution in [3.63, 3.8) is 0 Å². The Kier molecular flexibility index (Phi) is 43.9. The fraction of sp³-hybridized carbons (Fsp3) is 1.00. The lowest BCUT2D eigenvalue weighted by Crippen LogP contribution is -2.64. The van der Waals surface area contributed by atoms with E-state index < -0.39 is 485 Å². The minimum absolute atomic E-state index is 0.761. The second-order valence-electron chi connectivity index (χ2n) is 36.7. The first kappa shape index (κ1) is 120. The lowest BCUT2D eigenvalue weighted by Gasteiger charge is -2.45. The number of aliphatic hydroxyl groups excluding tert-OH is 42. The van der Waals surface area contributed by atoms with Crippen molar-refractivity contribution in [3.8, 4) is 0 Å². The summed E-state index contributed by atoms with van der Waals surface area (Å²) < 4.78 is 134. The third kappa shape index (κ3) is 27.2. The molecule has 42 N–H and O–H groups in total. The van der Waals surface area contributed by atoms with E-state index in [1.54, 1.807) is 0 Å². The first-order chi connectivity index (χ1) is 67.9. The Hall–Kier alpha value is -2.64. The molecule has 12 fully saturated rings. The van der Waals surface area contributed by atoms with E-state index in [-0.39, 0.29) is 0 Å². The number of hydrogen-bond acceptors (Lipinski definition) is 66. The third-order valence-electron chi connectivity index (χ3n) is 26.6. The van der Waals surface area contributed by atoms with Crippen molar-refractivity contribution in [3.05, 3.63) is 0 Å². The van der Waals surface area contributed by atoms with Crippen LogP contribution in [0.4, 0.5) is 0 Å². The van der Waals surface area contributed by atoms with Crippen LogP contribution in [0.2, 0.25) is 0 Å². The van der Waals surface area contributed by atoms with Crippen molar-refractivity contribution in [2.75, 3.05) is 92.5 Å². The quantitative estimate of drug-likeness (QED) is 0.0270. The van der Waals surface area contributed by atoms with Crippen LogP contribution >= 0.6 is 0 Å². The number of hydrogen-bond donors (Lipinski definition) is 42. The molecule has 0 radical (unpaired) electrons. The normalized spacial score (nSPS) is 51.5. The summed E-state index contributed by atoms with van der Waals surface area (Å²) >= 11 is 0. The molecule has 12 heterocycles. The Balaban J connectivity index is 0.578. The van der Waals surface area contributed by atoms with Gasteiger partial charge < -0.3 is 328 Å². The van der Waals surface area contributed by atoms with Gasteiger partial charge in [0, 0.05) is 0 Å². The van der Waals surface area contributed by atoms with E-state index in [0.717, 1.165) is 0 Å². The van der Waals surface area contributed by atoms with Gasteiger partial charge in [0.05, 0.1) is 92.5 Å². The lowest BCUT2D eigenvalue weighted by molar-refractivity contribution is -0.356. The Morgan fingerprint density at radius 1 is 0.139 bits per heavy atom. The summed E-state index contributed by atoms with van der Waals surface area (Å²) in [5, 5.41) is 449. The van der Waals surface area contributed by atoms with Gasteiger partial charge >= 0.3 is 0 Å². The zero-order valence-electron chi connectivity index (χ0n) is 75.4. The lowest BCUT2D eigenvalue weighted by atomic mass is 9.97. The summed E-state index contributed by atoms with van der Waals surface area (Å²) in [6.07, 6.45) is -128. The van der Waals surface area contributed by atoms with Crippen molar-refractivity contribution in [2.45, 2.75) is 393 Å². The van der Waals surface area contributed by atoms with Crippen LogP contribution in [0.3, 0.4) is 0 Å². The topological polar surface area (TPSA) is 1070 Å². The fourth-order valence-corrected chi connectivity index (χ4v) is 17.3. The summed E-state index contributed by atoms with van der Waals surface area (Å²) in [7, 11) is 0. The molecule has 0 spiro atoms. The largest absolute Gasteiger partial charge is 0.394 e. The van der Waals surface area contributed by atoms with Gasteiger partial charge in [-0.15, -0.1) is 0 Å². The maximum Gasteiger partial charge on any atom is 0.186 e. The summed E-state index contributed by atoms with van der Waals surface area (Å²) in [6.45, 7) is -12.9. The molecular formula is C78H134O66. The molecule has 0 aromatic rings. The molecule has 0 unspecified atom stereocenters. The molecule has 66 heteroatoms. The highest BCUT2D eigenvalue weighted by molar-refractivity contribution is 5.02. The van der Waals surface area contributed by atoms with Gasteiger partial charge in [-0.25, -0.2) is 0 Å². The van der Waals surface area contributed by atoms with E-state index in [1.165, 1.54) is 0 Å². The Morgan fingerprint density at radius 2 is 0.250 bits per heavy atom. The van der Waals surface area contributed by atoms with Crippen LogP contribution < -0.4 is 0 Å². The number of aliphatic hydroxyl groups is 42. The van der Waals surface area contributed by atoms with Crippen LogP contribution in [0.15, 0.2) is 0 Å². The van der Waals surface area contributed by atoms with Gasteiger partial charge in [0.25, 0.3) is 0 Å². The molecule has 64 atom stereocenters. The second-order valence-corrected chi connectivity index (χ2v) is 36.7. The van der Waals surface area contributed by atoms with E-state index >= 15 is 0 Å². The van der Waals surface area contributed by atoms with Gasteiger partial charge in [-0.1, -0.05) is 0 Å². The fourth-order valence-electron chi connectivity index (χ4n) is 17.3. The average molecular weight is 2130 g/mol. The molecule has 0 saturated carbocycles. The minimum atomic E-state index is -2.19. The Bertz CT molecular complexity index is 3590. The zero-order valence-corrected chi connectivity index (χ0v) is 75.4. The molecule has 12 aliphatic rings. The standard InChI is InChI=1S/C78H134O66/c79-1-15(81)29(83)30(84)16(82)3-121-67-56(110)44(98)32(86)18(134-67)5-123-69-58(112)46(100)34(88)20(136-69)7-125-71-60(114)48(102)36(90)22(138-71)9-127-73-62(116)50(104)38(92)24(140-73)11-129-75-64(118)52(106)40(94)26(142-75)13-131-77-66(120)54(108)42(96)28(144-77)14-132-78-65(119)53(107)41(95)27(143-78)12-130-76-63(117)51(105)39(93)25(141-76)10-128-74-61(115)49(103)37(91)23(139-74)8-126-72-59(113)47(101)35(89)21(137-72)6-124-70-57(111)45(99)33(87)19(135-70)4-122-68-55(109)43(97)31(85)17(2-80)133-68/h15-120H,1-14H2/t15-,16+,17+,18+,19+,20+,21+,22+,23+,24+,25+,26+,27+,28+,29+,30+,31+,32+,33+,34+,35+,36+,37+,38+,39+,40+,41+,42+,43-,44-,45-,46-,47-,48-,49-,50-,51-,52-,53-,54-,55+,56+,57+,58+,59+,60+,61+,62+,63+,64+,65+,66+,67-,68-,69-,70-,71-,72-,73-,74-,75-,76-,77-,78-/m0/s1. The third-order valence-corrected chi connectivity index (χ3v) is 26.6. The van der Waals surface area contributed by atoms with Crippen molar-refractivity contribution in [1.82, 2.24) is 0 Å². The molecule has 0 bridgehead atoms. The van der Waals surface area contributed by atoms with Gasteiger partial charge in [-0.05, 0) is 0 Å². The molecule has 12 rings (SSSR count). The van der Waals surface area contributed by atoms with E-state index in [9.17, 15) is 209 Å². The molecule has 842 valence electrons. The van der Waals surface area contributed by atoms with Crippen molar-refractivity contribution in [1.29, 1.82) is 0 Å². The molecule has 0 aromatic heterocycles. The molecule has 66 nitrogen and oxygen atoms in total. The second kappa shape index (κ2) is 52.7. The van der Waals surface area contributed by atoms with E-state index in [2.05, 4.69) is 0 Å². The predicted octanol–water partition coefficient (Wildman–Crippen LogP) is -29.7. The van der Waals surface area contributed by atoms with Crippen molar-refractivity contribution >= 4 is 0 Å². The SMILES string of the molecule is OC[C@H](O)[C@@H](O)[C@H](O)[C@H](O)CO[C@H]1O[C@H](CO[C@H]2O[C@H](CO[C@H]3O[C@H](CO[C@H]4O[C@H](CO[C@H]5O[C@H](CO[C@H]6O[C@H](CO[C@H]7O[C@H](CO[C@H]8O[C@H](CO[C@H]9O[C@H](CO[C@H]%10O[C@H](CO[C@H]%11O[C@H](CO[C@H]%12O[C@H](CO)[C@@H](O)[C@H](O)[C@H]%12O)[C@@H](O)[C@H](O)[C@H]%11O)[C@@H](O)[C@H](O)[C@H]%10O)[C@@H](O)[C@H](O)[C@H]9O)[C@@H](O)[C@H](O)[C@H]8O)[C@@H](O)[C@H](O)[C@H]7O)[C@@H](O)[C@H](O)[C@H]6O)[C@@H](O)[C@H](O)[C@H]5O)[C@@H](O)[C@H](O)[C@H]4O)[C@@H](O)[C@H](O)[C@H]3O)[C@@H](O)[C@H](O)[C@H]2O)[C@@H](O)[C@H](O)[C@H]1O. The van der Waals surface area contributed by atoms with Crippen LogP contribution in [0.1, 0.15) is 0 Å². The monoisotopic (exact) mass is 2130 g/mol. The van der Waals surface area contributed by atoms with Crippen molar-refractivity contribution < 1.29 is 328 Å². The van der Waals surface area contributed by atoms with Crippen molar-refractivity contribution in [2.24, 2.45) is 0 Å². The molecule has 0 amide bonds. The molecule has 12 saturated heterocycles. The van der Waals surface area contributed by atoms with E-state index in [0.29, 0.717) is 0 Å². The molecule has 12 aliphatic heterocycles. The summed E-state index contributed by atoms with van der Waals surface area (Å²) in [5.74, 6) is 0. The maximum atomic E-state index is 11.1. The summed E-state index contributed by atoms with van der Waals surface area (Å²) in [4.78, 5) is 0. The van der Waals surface area contributed by atoms with Crippen LogP contribution in [-0.2, 0) is 114 Å². The van der Waals surface area contributed by atoms with Gasteiger partial charge in [-0.2, -0.15) is 0 Å². The van der Waals surface area contributed by atoms with E-state index in [1.807, 2.05) is 0 Å². The van der Waals surface area contributed by atoms with Gasteiger partial charge in [0.15, 0.2) is 75.5 Å². The molecule has 144 heavy (non-hydrogen) atoms. The Labute approximate surface area is 811 Å². The highest BCUT2D eigenvalue weighted by atomic mass is 16.8. The average Bonchev–Trinajstić information content (AvgIpc) is 0.795. The Morgan fingerprint density at radius 3 is 0.375 bits per heavy atom. The van der Waals surface area contributed by atoms with Crippen LogP contribution in [-0.4, -0.2) is 700 Å². The smallest absolute Gasteiger partial charge is 0.186 e. The predicted molar refractivity (Wildman–Crippen MR) is 430 cm³/mol. The van der Waals surface area contributed by atoms with Gasteiger partial charge in [0.1, 0.15) is 317 Å². The number of ether oxygens (including phenoxy) is 24. The summed E-state index contributed by atoms with van der Waals surface area (Å²) in [5.41, 5.74) is 0. The maximum absolute atomic E-state index is 11.1. The van der Waals surface area contributed by atoms with Crippen LogP contribution in [0, 0.1) is 0 Å². The molecular weight excluding hydrogens is 1990 g/mol. The first-order valence-electron chi connectivity index (χ1n) is 45.6. The highest BCUT2D eigenvalue weighted by Crippen LogP contribution is 2.38. The number of rotatable bonds is 41. The minimum Gasteiger partial charge on any atom is -0.394 e. The molecule has 0 aromatic carbocycles. The first-order valence-corrected chi connectivity index (χ1v) is 45.6. The highest BCUT2D eigenvalue weighted by Gasteiger charge is 2.59. The van der Waals surface area contributed by atoms with Gasteiger partial charge in [-0.3, -0.25) is 0 Å². The molecule has 0 aliphatic carbocycles. The van der Waals surface area contributed by atoms with Gasteiger partial charge in [0.2, 0.25) is 0 Å². The van der Waals surface area contributed by atoms with E-state index in [4.69, 9.17) is 119 Å². The summed E-state index contributed by atoms with van der Waals surface area (Å²) in [6, 6.07) is 0. The van der Waals surface area contributed by atoms with Crippen LogP contribution in [0.5, 0.6) is 0 Å². The van der Waals surface area contributed by atoms with Crippen LogP contribution in [0.25, 0.3) is 0 Å².